The first-order valence-electron chi connectivity index (χ1n) is 4.24. The maximum absolute atomic E-state index is 6.18. The molecule has 0 aliphatic heterocycles. The van der Waals surface area contributed by atoms with E-state index in [4.69, 9.17) is 23.2 Å². The maximum Gasteiger partial charge on any atom is 0.0737 e. The first kappa shape index (κ1) is 9.63. The Hall–Kier alpha value is -0.920. The number of halogens is 2. The minimum absolute atomic E-state index is 0.381. The van der Waals surface area contributed by atoms with Gasteiger partial charge in [-0.3, -0.25) is 0 Å². The van der Waals surface area contributed by atoms with E-state index in [0.29, 0.717) is 10.9 Å². The minimum Gasteiger partial charge on any atom is -0.354 e. The van der Waals surface area contributed by atoms with Gasteiger partial charge in [0.1, 0.15) is 0 Å². The largest absolute Gasteiger partial charge is 0.354 e. The van der Waals surface area contributed by atoms with E-state index in [9.17, 15) is 0 Å². The molecule has 0 atom stereocenters. The van der Waals surface area contributed by atoms with Crippen molar-refractivity contribution in [2.24, 2.45) is 0 Å². The molecule has 0 aliphatic rings. The molecule has 1 aromatic carbocycles. The van der Waals surface area contributed by atoms with Crippen LogP contribution in [0, 0.1) is 0 Å². The Balaban J connectivity index is 2.68. The molecule has 0 unspecified atom stereocenters. The molecule has 0 amide bonds. The molecule has 0 saturated heterocycles. The zero-order chi connectivity index (χ0) is 10.1. The molecule has 0 fully saturated rings. The van der Waals surface area contributed by atoms with Gasteiger partial charge in [0.15, 0.2) is 0 Å². The van der Waals surface area contributed by atoms with Gasteiger partial charge in [0, 0.05) is 16.8 Å². The van der Waals surface area contributed by atoms with Crippen molar-refractivity contribution in [1.82, 2.24) is 4.98 Å². The van der Waals surface area contributed by atoms with Crippen molar-refractivity contribution in [3.63, 3.8) is 0 Å². The monoisotopic (exact) mass is 225 g/mol. The molecule has 14 heavy (non-hydrogen) atoms. The number of fused-ring (bicyclic) bond motifs is 1. The third kappa shape index (κ3) is 1.43. The lowest BCUT2D eigenvalue weighted by molar-refractivity contribution is 1.39. The topological polar surface area (TPSA) is 15.8 Å². The van der Waals surface area contributed by atoms with Crippen LogP contribution in [0.15, 0.2) is 30.8 Å². The predicted octanol–water partition coefficient (Wildman–Crippen LogP) is 4.07. The van der Waals surface area contributed by atoms with Crippen LogP contribution < -0.4 is 0 Å². The summed E-state index contributed by atoms with van der Waals surface area (Å²) in [5.74, 6) is 0.381. The van der Waals surface area contributed by atoms with Crippen molar-refractivity contribution in [3.8, 4) is 0 Å². The Morgan fingerprint density at radius 1 is 1.36 bits per heavy atom. The van der Waals surface area contributed by atoms with Gasteiger partial charge < -0.3 is 4.98 Å². The van der Waals surface area contributed by atoms with Gasteiger partial charge in [-0.2, -0.15) is 0 Å². The van der Waals surface area contributed by atoms with Crippen molar-refractivity contribution in [2.75, 3.05) is 5.88 Å². The molecule has 2 aromatic rings. The van der Waals surface area contributed by atoms with Crippen LogP contribution in [0.2, 0.25) is 5.02 Å². The summed E-state index contributed by atoms with van der Waals surface area (Å²) in [4.78, 5) is 3.20. The first-order chi connectivity index (χ1) is 6.74. The smallest absolute Gasteiger partial charge is 0.0737 e. The highest BCUT2D eigenvalue weighted by Gasteiger charge is 2.10. The van der Waals surface area contributed by atoms with Crippen LogP contribution in [-0.2, 0) is 0 Å². The Kier molecular flexibility index (Phi) is 2.53. The number of rotatable bonds is 2. The lowest BCUT2D eigenvalue weighted by Crippen LogP contribution is -1.83. The molecule has 1 aromatic heterocycles. The van der Waals surface area contributed by atoms with E-state index in [-0.39, 0.29) is 0 Å². The molecular weight excluding hydrogens is 217 g/mol. The van der Waals surface area contributed by atoms with Gasteiger partial charge in [-0.25, -0.2) is 0 Å². The summed E-state index contributed by atoms with van der Waals surface area (Å²) >= 11 is 11.9. The number of hydrogen-bond donors (Lipinski definition) is 1. The van der Waals surface area contributed by atoms with Gasteiger partial charge in [-0.15, -0.1) is 11.6 Å². The SMILES string of the molecule is C=C(CCl)c1[nH]c2ccccc2c1Cl. The number of H-pyrrole nitrogens is 1. The lowest BCUT2D eigenvalue weighted by Gasteiger charge is -1.97. The number of alkyl halides is 1. The van der Waals surface area contributed by atoms with E-state index in [0.717, 1.165) is 22.2 Å². The molecule has 1 N–H and O–H groups in total. The fourth-order valence-corrected chi connectivity index (χ4v) is 1.90. The Labute approximate surface area is 92.3 Å². The van der Waals surface area contributed by atoms with Gasteiger partial charge in [-0.05, 0) is 11.6 Å². The highest BCUT2D eigenvalue weighted by atomic mass is 35.5. The molecule has 3 heteroatoms. The van der Waals surface area contributed by atoms with Gasteiger partial charge in [-0.1, -0.05) is 36.4 Å². The zero-order valence-corrected chi connectivity index (χ0v) is 8.99. The van der Waals surface area contributed by atoms with Crippen LogP contribution in [0.5, 0.6) is 0 Å². The first-order valence-corrected chi connectivity index (χ1v) is 5.15. The van der Waals surface area contributed by atoms with Gasteiger partial charge >= 0.3 is 0 Å². The van der Waals surface area contributed by atoms with Gasteiger partial charge in [0.2, 0.25) is 0 Å². The van der Waals surface area contributed by atoms with Crippen LogP contribution in [0.3, 0.4) is 0 Å². The average molecular weight is 226 g/mol. The second kappa shape index (κ2) is 3.68. The number of benzene rings is 1. The quantitative estimate of drug-likeness (QED) is 0.742. The summed E-state index contributed by atoms with van der Waals surface area (Å²) in [6.45, 7) is 3.85. The number of aromatic amines is 1. The highest BCUT2D eigenvalue weighted by Crippen LogP contribution is 2.31. The Morgan fingerprint density at radius 3 is 2.71 bits per heavy atom. The number of hydrogen-bond acceptors (Lipinski definition) is 0. The zero-order valence-electron chi connectivity index (χ0n) is 7.48. The van der Waals surface area contributed by atoms with Crippen LogP contribution in [0.1, 0.15) is 5.69 Å². The molecule has 1 nitrogen and oxygen atoms in total. The third-order valence-electron chi connectivity index (χ3n) is 2.16. The van der Waals surface area contributed by atoms with E-state index >= 15 is 0 Å². The van der Waals surface area contributed by atoms with Crippen LogP contribution in [0.4, 0.5) is 0 Å². The molecule has 0 saturated carbocycles. The van der Waals surface area contributed by atoms with Crippen molar-refractivity contribution < 1.29 is 0 Å². The second-order valence-corrected chi connectivity index (χ2v) is 3.74. The predicted molar refractivity (Wildman–Crippen MR) is 63.1 cm³/mol. The Bertz CT molecular complexity index is 485. The van der Waals surface area contributed by atoms with E-state index in [2.05, 4.69) is 11.6 Å². The van der Waals surface area contributed by atoms with Crippen molar-refractivity contribution in [2.45, 2.75) is 0 Å². The second-order valence-electron chi connectivity index (χ2n) is 3.10. The lowest BCUT2D eigenvalue weighted by atomic mass is 10.2. The van der Waals surface area contributed by atoms with Crippen LogP contribution in [0.25, 0.3) is 16.5 Å². The van der Waals surface area contributed by atoms with Crippen molar-refractivity contribution >= 4 is 39.7 Å². The fraction of sp³-hybridized carbons (Fsp3) is 0.0909. The number of nitrogens with one attached hydrogen (secondary N) is 1. The van der Waals surface area contributed by atoms with Crippen molar-refractivity contribution in [1.29, 1.82) is 0 Å². The molecule has 2 rings (SSSR count). The average Bonchev–Trinajstić information content (AvgIpc) is 2.56. The van der Waals surface area contributed by atoms with E-state index < -0.39 is 0 Å². The molecule has 0 aliphatic carbocycles. The summed E-state index contributed by atoms with van der Waals surface area (Å²) in [6, 6.07) is 7.86. The third-order valence-corrected chi connectivity index (χ3v) is 2.87. The molecule has 0 spiro atoms. The number of allylic oxidation sites excluding steroid dienone is 1. The normalized spacial score (nSPS) is 10.7. The van der Waals surface area contributed by atoms with E-state index in [1.165, 1.54) is 0 Å². The fourth-order valence-electron chi connectivity index (χ4n) is 1.42. The minimum atomic E-state index is 0.381. The Morgan fingerprint density at radius 2 is 2.07 bits per heavy atom. The summed E-state index contributed by atoms with van der Waals surface area (Å²) in [7, 11) is 0. The van der Waals surface area contributed by atoms with Gasteiger partial charge in [0.05, 0.1) is 10.7 Å². The molecule has 72 valence electrons. The highest BCUT2D eigenvalue weighted by molar-refractivity contribution is 6.38. The summed E-state index contributed by atoms with van der Waals surface area (Å²) < 4.78 is 0. The van der Waals surface area contributed by atoms with Crippen molar-refractivity contribution in [3.05, 3.63) is 41.6 Å². The molecule has 0 radical (unpaired) electrons. The number of para-hydroxylation sites is 1. The summed E-state index contributed by atoms with van der Waals surface area (Å²) in [5.41, 5.74) is 2.66. The van der Waals surface area contributed by atoms with E-state index in [1.807, 2.05) is 24.3 Å². The van der Waals surface area contributed by atoms with E-state index in [1.54, 1.807) is 0 Å². The number of aromatic nitrogens is 1. The standard InChI is InChI=1S/C11H9Cl2N/c1-7(6-12)11-10(13)8-4-2-3-5-9(8)14-11/h2-5,14H,1,6H2. The van der Waals surface area contributed by atoms with Gasteiger partial charge in [0.25, 0.3) is 0 Å². The molecule has 1 heterocycles. The molecule has 0 bridgehead atoms. The maximum atomic E-state index is 6.18. The van der Waals surface area contributed by atoms with Crippen LogP contribution in [-0.4, -0.2) is 10.9 Å². The molecular formula is C11H9Cl2N. The summed E-state index contributed by atoms with van der Waals surface area (Å²) in [5, 5.41) is 1.71. The van der Waals surface area contributed by atoms with Crippen LogP contribution >= 0.6 is 23.2 Å². The summed E-state index contributed by atoms with van der Waals surface area (Å²) in [6.07, 6.45) is 0.